The second kappa shape index (κ2) is 4.14. The molecule has 0 atom stereocenters. The zero-order valence-electron chi connectivity index (χ0n) is 7.33. The molecule has 0 unspecified atom stereocenters. The molecule has 0 fully saturated rings. The van der Waals surface area contributed by atoms with Crippen molar-refractivity contribution in [1.29, 1.82) is 0 Å². The zero-order chi connectivity index (χ0) is 10.8. The maximum atomic E-state index is 12.7. The van der Waals surface area contributed by atoms with Crippen LogP contribution in [0.2, 0.25) is 0 Å². The Morgan fingerprint density at radius 3 is 2.64 bits per heavy atom. The van der Waals surface area contributed by atoms with E-state index < -0.39 is 14.9 Å². The van der Waals surface area contributed by atoms with Crippen LogP contribution >= 0.6 is 10.7 Å². The monoisotopic (exact) mass is 238 g/mol. The van der Waals surface area contributed by atoms with Crippen molar-refractivity contribution < 1.29 is 17.5 Å². The molecule has 0 aromatic heterocycles. The van der Waals surface area contributed by atoms with E-state index in [1.165, 1.54) is 13.2 Å². The number of methoxy groups -OCH3 is 1. The molecular formula is C8H8ClFO3S. The number of benzene rings is 1. The van der Waals surface area contributed by atoms with Crippen LogP contribution in [0.4, 0.5) is 4.39 Å². The highest BCUT2D eigenvalue weighted by Crippen LogP contribution is 2.22. The van der Waals surface area contributed by atoms with E-state index in [1.807, 2.05) is 0 Å². The molecule has 0 amide bonds. The maximum absolute atomic E-state index is 12.7. The molecule has 0 aliphatic rings. The summed E-state index contributed by atoms with van der Waals surface area (Å²) in [5.41, 5.74) is 0.337. The Bertz CT molecular complexity index is 430. The summed E-state index contributed by atoms with van der Waals surface area (Å²) >= 11 is 0. The quantitative estimate of drug-likeness (QED) is 0.756. The van der Waals surface area contributed by atoms with Gasteiger partial charge in [0.15, 0.2) is 0 Å². The third-order valence-electron chi connectivity index (χ3n) is 1.58. The molecule has 6 heteroatoms. The summed E-state index contributed by atoms with van der Waals surface area (Å²) in [6.07, 6.45) is 0. The Kier molecular flexibility index (Phi) is 3.34. The van der Waals surface area contributed by atoms with Gasteiger partial charge in [0.25, 0.3) is 0 Å². The molecule has 78 valence electrons. The molecular weight excluding hydrogens is 231 g/mol. The Balaban J connectivity index is 3.09. The summed E-state index contributed by atoms with van der Waals surface area (Å²) in [7, 11) is 2.74. The van der Waals surface area contributed by atoms with Crippen molar-refractivity contribution in [3.8, 4) is 5.75 Å². The second-order valence-electron chi connectivity index (χ2n) is 2.64. The number of ether oxygens (including phenoxy) is 1. The van der Waals surface area contributed by atoms with Gasteiger partial charge in [0.2, 0.25) is 9.05 Å². The van der Waals surface area contributed by atoms with Crippen LogP contribution in [0.3, 0.4) is 0 Å². The smallest absolute Gasteiger partial charge is 0.236 e. The predicted molar refractivity (Wildman–Crippen MR) is 51.4 cm³/mol. The summed E-state index contributed by atoms with van der Waals surface area (Å²) in [4.78, 5) is 0. The highest BCUT2D eigenvalue weighted by molar-refractivity contribution is 8.13. The molecule has 0 bridgehead atoms. The van der Waals surface area contributed by atoms with Gasteiger partial charge in [-0.15, -0.1) is 0 Å². The maximum Gasteiger partial charge on any atom is 0.236 e. The molecule has 0 heterocycles. The fourth-order valence-corrected chi connectivity index (χ4v) is 1.99. The van der Waals surface area contributed by atoms with Gasteiger partial charge in [-0.05, 0) is 6.07 Å². The zero-order valence-corrected chi connectivity index (χ0v) is 8.90. The van der Waals surface area contributed by atoms with Gasteiger partial charge in [-0.3, -0.25) is 0 Å². The van der Waals surface area contributed by atoms with E-state index in [2.05, 4.69) is 0 Å². The van der Waals surface area contributed by atoms with Crippen molar-refractivity contribution in [3.63, 3.8) is 0 Å². The molecule has 0 saturated carbocycles. The summed E-state index contributed by atoms with van der Waals surface area (Å²) in [5, 5.41) is 0. The van der Waals surface area contributed by atoms with E-state index in [-0.39, 0.29) is 11.5 Å². The lowest BCUT2D eigenvalue weighted by atomic mass is 10.2. The fourth-order valence-electron chi connectivity index (χ4n) is 1.02. The molecule has 3 nitrogen and oxygen atoms in total. The number of halogens is 2. The van der Waals surface area contributed by atoms with Crippen molar-refractivity contribution in [3.05, 3.63) is 29.6 Å². The minimum atomic E-state index is -3.65. The molecule has 0 aliphatic heterocycles. The van der Waals surface area contributed by atoms with Gasteiger partial charge >= 0.3 is 0 Å². The summed E-state index contributed by atoms with van der Waals surface area (Å²) < 4.78 is 39.1. The lowest BCUT2D eigenvalue weighted by Crippen LogP contribution is -1.98. The number of hydrogen-bond acceptors (Lipinski definition) is 3. The van der Waals surface area contributed by atoms with Crippen LogP contribution in [-0.4, -0.2) is 15.5 Å². The fraction of sp³-hybridized carbons (Fsp3) is 0.250. The molecule has 0 aliphatic carbocycles. The van der Waals surface area contributed by atoms with Crippen LogP contribution in [0.25, 0.3) is 0 Å². The van der Waals surface area contributed by atoms with Crippen molar-refractivity contribution in [2.45, 2.75) is 5.75 Å². The van der Waals surface area contributed by atoms with Gasteiger partial charge in [-0.1, -0.05) is 6.07 Å². The molecule has 1 aromatic carbocycles. The molecule has 0 N–H and O–H groups in total. The Labute approximate surface area is 85.9 Å². The minimum Gasteiger partial charge on any atom is -0.496 e. The second-order valence-corrected chi connectivity index (χ2v) is 5.42. The summed E-state index contributed by atoms with van der Waals surface area (Å²) in [6, 6.07) is 3.59. The minimum absolute atomic E-state index is 0.175. The van der Waals surface area contributed by atoms with Crippen LogP contribution in [0.5, 0.6) is 5.75 Å². The average molecular weight is 239 g/mol. The number of hydrogen-bond donors (Lipinski definition) is 0. The van der Waals surface area contributed by atoms with Crippen LogP contribution in [0.1, 0.15) is 5.56 Å². The first kappa shape index (κ1) is 11.3. The predicted octanol–water partition coefficient (Wildman–Crippen LogP) is 1.90. The molecule has 1 rings (SSSR count). The topological polar surface area (TPSA) is 43.4 Å². The lowest BCUT2D eigenvalue weighted by molar-refractivity contribution is 0.407. The molecule has 14 heavy (non-hydrogen) atoms. The summed E-state index contributed by atoms with van der Waals surface area (Å²) in [5.74, 6) is -0.690. The SMILES string of the molecule is COc1cc(F)ccc1CS(=O)(=O)Cl. The Morgan fingerprint density at radius 1 is 1.50 bits per heavy atom. The van der Waals surface area contributed by atoms with Gasteiger partial charge in [0, 0.05) is 22.3 Å². The highest BCUT2D eigenvalue weighted by Gasteiger charge is 2.12. The van der Waals surface area contributed by atoms with E-state index >= 15 is 0 Å². The van der Waals surface area contributed by atoms with Crippen molar-refractivity contribution in [1.82, 2.24) is 0 Å². The van der Waals surface area contributed by atoms with Crippen molar-refractivity contribution >= 4 is 19.7 Å². The highest BCUT2D eigenvalue weighted by atomic mass is 35.7. The van der Waals surface area contributed by atoms with Crippen molar-refractivity contribution in [2.24, 2.45) is 0 Å². The number of rotatable bonds is 3. The van der Waals surface area contributed by atoms with E-state index in [0.717, 1.165) is 12.1 Å². The van der Waals surface area contributed by atoms with Gasteiger partial charge in [0.05, 0.1) is 12.9 Å². The normalized spacial score (nSPS) is 11.4. The Morgan fingerprint density at radius 2 is 2.14 bits per heavy atom. The molecule has 1 aromatic rings. The van der Waals surface area contributed by atoms with Crippen LogP contribution in [0.15, 0.2) is 18.2 Å². The van der Waals surface area contributed by atoms with Gasteiger partial charge in [-0.2, -0.15) is 0 Å². The lowest BCUT2D eigenvalue weighted by Gasteiger charge is -2.06. The van der Waals surface area contributed by atoms with E-state index in [4.69, 9.17) is 15.4 Å². The van der Waals surface area contributed by atoms with Crippen molar-refractivity contribution in [2.75, 3.05) is 7.11 Å². The molecule has 0 spiro atoms. The van der Waals surface area contributed by atoms with Crippen LogP contribution < -0.4 is 4.74 Å². The van der Waals surface area contributed by atoms with Gasteiger partial charge in [-0.25, -0.2) is 12.8 Å². The third-order valence-corrected chi connectivity index (χ3v) is 2.56. The molecule has 0 saturated heterocycles. The average Bonchev–Trinajstić information content (AvgIpc) is 2.06. The van der Waals surface area contributed by atoms with Crippen LogP contribution in [0, 0.1) is 5.82 Å². The van der Waals surface area contributed by atoms with Gasteiger partial charge in [0.1, 0.15) is 11.6 Å². The standard InChI is InChI=1S/C8H8ClFO3S/c1-13-8-4-7(10)3-2-6(8)5-14(9,11)12/h2-4H,5H2,1H3. The third kappa shape index (κ3) is 3.16. The Hall–Kier alpha value is -0.810. The molecule has 0 radical (unpaired) electrons. The first-order chi connectivity index (χ1) is 6.42. The van der Waals surface area contributed by atoms with E-state index in [1.54, 1.807) is 0 Å². The largest absolute Gasteiger partial charge is 0.496 e. The van der Waals surface area contributed by atoms with E-state index in [0.29, 0.717) is 5.56 Å². The first-order valence-corrected chi connectivity index (χ1v) is 6.15. The van der Waals surface area contributed by atoms with E-state index in [9.17, 15) is 12.8 Å². The van der Waals surface area contributed by atoms with Gasteiger partial charge < -0.3 is 4.74 Å². The summed E-state index contributed by atoms with van der Waals surface area (Å²) in [6.45, 7) is 0. The van der Waals surface area contributed by atoms with Crippen LogP contribution in [-0.2, 0) is 14.8 Å². The first-order valence-electron chi connectivity index (χ1n) is 3.67.